The van der Waals surface area contributed by atoms with Crippen LogP contribution in [0.2, 0.25) is 10.0 Å². The molecule has 0 fully saturated rings. The smallest absolute Gasteiger partial charge is 0.339 e. The number of phenols is 1. The molecule has 0 saturated carbocycles. The van der Waals surface area contributed by atoms with Crippen LogP contribution < -0.4 is 0 Å². The summed E-state index contributed by atoms with van der Waals surface area (Å²) in [6.45, 7) is 4.23. The van der Waals surface area contributed by atoms with Crippen LogP contribution in [0.15, 0.2) is 57.9 Å². The van der Waals surface area contributed by atoms with Gasteiger partial charge in [-0.1, -0.05) is 37.0 Å². The van der Waals surface area contributed by atoms with Crippen LogP contribution in [0.5, 0.6) is 5.75 Å². The van der Waals surface area contributed by atoms with E-state index in [0.717, 1.165) is 0 Å². The van der Waals surface area contributed by atoms with E-state index in [-0.39, 0.29) is 17.2 Å². The van der Waals surface area contributed by atoms with Gasteiger partial charge in [0.25, 0.3) is 0 Å². The van der Waals surface area contributed by atoms with E-state index in [2.05, 4.69) is 4.99 Å². The minimum atomic E-state index is -0.477. The number of carbonyl (C=O) groups is 1. The Morgan fingerprint density at radius 3 is 2.72 bits per heavy atom. The number of ether oxygens (including phenoxy) is 1. The molecule has 0 amide bonds. The molecule has 3 aromatic rings. The summed E-state index contributed by atoms with van der Waals surface area (Å²) in [7, 11) is 0. The summed E-state index contributed by atoms with van der Waals surface area (Å²) in [6, 6.07) is 13.1. The number of esters is 1. The zero-order chi connectivity index (χ0) is 21.0. The first-order valence-corrected chi connectivity index (χ1v) is 9.68. The molecule has 0 aliphatic heterocycles. The van der Waals surface area contributed by atoms with Gasteiger partial charge in [0, 0.05) is 10.6 Å². The largest absolute Gasteiger partial charge is 0.506 e. The van der Waals surface area contributed by atoms with E-state index < -0.39 is 5.97 Å². The van der Waals surface area contributed by atoms with Crippen molar-refractivity contribution in [2.75, 3.05) is 6.61 Å². The second-order valence-electron chi connectivity index (χ2n) is 6.78. The molecule has 5 nitrogen and oxygen atoms in total. The zero-order valence-corrected chi connectivity index (χ0v) is 17.4. The molecule has 29 heavy (non-hydrogen) atoms. The highest BCUT2D eigenvalue weighted by Gasteiger charge is 2.15. The van der Waals surface area contributed by atoms with Crippen LogP contribution in [0.1, 0.15) is 30.0 Å². The van der Waals surface area contributed by atoms with E-state index in [9.17, 15) is 9.90 Å². The van der Waals surface area contributed by atoms with Crippen LogP contribution in [0.4, 0.5) is 5.69 Å². The normalized spacial score (nSPS) is 11.3. The lowest BCUT2D eigenvalue weighted by Crippen LogP contribution is -2.10. The first kappa shape index (κ1) is 21.0. The molecule has 1 heterocycles. The highest BCUT2D eigenvalue weighted by Crippen LogP contribution is 2.30. The van der Waals surface area contributed by atoms with Gasteiger partial charge in [-0.25, -0.2) is 9.79 Å². The van der Waals surface area contributed by atoms with Gasteiger partial charge in [0.2, 0.25) is 0 Å². The predicted molar refractivity (Wildman–Crippen MR) is 115 cm³/mol. The molecule has 0 saturated heterocycles. The topological polar surface area (TPSA) is 72.0 Å². The zero-order valence-electron chi connectivity index (χ0n) is 15.9. The van der Waals surface area contributed by atoms with Crippen LogP contribution in [-0.4, -0.2) is 23.9 Å². The Hall–Kier alpha value is -2.76. The third-order valence-electron chi connectivity index (χ3n) is 3.91. The van der Waals surface area contributed by atoms with Crippen molar-refractivity contribution in [2.45, 2.75) is 13.8 Å². The Labute approximate surface area is 178 Å². The van der Waals surface area contributed by atoms with Crippen LogP contribution in [0.3, 0.4) is 0 Å². The highest BCUT2D eigenvalue weighted by atomic mass is 35.5. The van der Waals surface area contributed by atoms with E-state index in [1.54, 1.807) is 42.5 Å². The number of aliphatic imine (C=N–C) groups is 1. The van der Waals surface area contributed by atoms with Crippen molar-refractivity contribution >= 4 is 41.1 Å². The molecule has 0 bridgehead atoms. The van der Waals surface area contributed by atoms with Crippen molar-refractivity contribution in [1.82, 2.24) is 0 Å². The minimum Gasteiger partial charge on any atom is -0.506 e. The SMILES string of the molecule is CC(C)COC(=O)c1cc(-c2ccc(C=Nc3cc(Cl)ccc3O)o2)ccc1Cl. The lowest BCUT2D eigenvalue weighted by molar-refractivity contribution is 0.0459. The molecule has 0 radical (unpaired) electrons. The minimum absolute atomic E-state index is 0.0136. The van der Waals surface area contributed by atoms with Crippen molar-refractivity contribution in [2.24, 2.45) is 10.9 Å². The number of hydrogen-bond acceptors (Lipinski definition) is 5. The number of phenolic OH excluding ortho intramolecular Hbond substituents is 1. The molecular weight excluding hydrogens is 413 g/mol. The average Bonchev–Trinajstić information content (AvgIpc) is 3.16. The molecule has 0 aliphatic carbocycles. The number of halogens is 2. The Bertz CT molecular complexity index is 1060. The predicted octanol–water partition coefficient (Wildman–Crippen LogP) is 6.52. The van der Waals surface area contributed by atoms with Crippen LogP contribution in [-0.2, 0) is 4.74 Å². The lowest BCUT2D eigenvalue weighted by Gasteiger charge is -2.09. The van der Waals surface area contributed by atoms with Crippen molar-refractivity contribution in [1.29, 1.82) is 0 Å². The fourth-order valence-corrected chi connectivity index (χ4v) is 2.83. The van der Waals surface area contributed by atoms with Gasteiger partial charge in [0.15, 0.2) is 0 Å². The first-order valence-electron chi connectivity index (χ1n) is 8.93. The summed E-state index contributed by atoms with van der Waals surface area (Å²) in [5, 5.41) is 10.6. The van der Waals surface area contributed by atoms with Gasteiger partial charge in [0.1, 0.15) is 23.0 Å². The van der Waals surface area contributed by atoms with Gasteiger partial charge in [-0.3, -0.25) is 0 Å². The quantitative estimate of drug-likeness (QED) is 0.355. The Kier molecular flexibility index (Phi) is 6.62. The molecule has 1 N–H and O–H groups in total. The van der Waals surface area contributed by atoms with Crippen molar-refractivity contribution in [3.05, 3.63) is 69.9 Å². The van der Waals surface area contributed by atoms with E-state index in [0.29, 0.717) is 39.4 Å². The maximum atomic E-state index is 12.3. The summed E-state index contributed by atoms with van der Waals surface area (Å²) >= 11 is 12.1. The van der Waals surface area contributed by atoms with Crippen molar-refractivity contribution in [3.63, 3.8) is 0 Å². The third-order valence-corrected chi connectivity index (χ3v) is 4.48. The number of rotatable bonds is 6. The molecule has 0 unspecified atom stereocenters. The number of furan rings is 1. The van der Waals surface area contributed by atoms with Gasteiger partial charge in [0.05, 0.1) is 23.4 Å². The second-order valence-corrected chi connectivity index (χ2v) is 7.62. The van der Waals surface area contributed by atoms with Crippen molar-refractivity contribution < 1.29 is 19.1 Å². The first-order chi connectivity index (χ1) is 13.8. The molecule has 0 spiro atoms. The Morgan fingerprint density at radius 1 is 1.17 bits per heavy atom. The molecule has 2 aromatic carbocycles. The molecule has 0 atom stereocenters. The summed E-state index contributed by atoms with van der Waals surface area (Å²) in [4.78, 5) is 16.5. The Morgan fingerprint density at radius 2 is 1.97 bits per heavy atom. The fourth-order valence-electron chi connectivity index (χ4n) is 2.47. The Balaban J connectivity index is 1.81. The van der Waals surface area contributed by atoms with Gasteiger partial charge in [-0.15, -0.1) is 0 Å². The summed E-state index contributed by atoms with van der Waals surface area (Å²) in [6.07, 6.45) is 1.47. The van der Waals surface area contributed by atoms with E-state index >= 15 is 0 Å². The molecular formula is C22H19Cl2NO4. The number of nitrogens with zero attached hydrogens (tertiary/aromatic N) is 1. The van der Waals surface area contributed by atoms with Gasteiger partial charge < -0.3 is 14.3 Å². The van der Waals surface area contributed by atoms with Gasteiger partial charge in [-0.2, -0.15) is 0 Å². The maximum Gasteiger partial charge on any atom is 0.339 e. The van der Waals surface area contributed by atoms with Crippen LogP contribution >= 0.6 is 23.2 Å². The average molecular weight is 432 g/mol. The van der Waals surface area contributed by atoms with Crippen LogP contribution in [0, 0.1) is 5.92 Å². The third kappa shape index (κ3) is 5.40. The number of benzene rings is 2. The second kappa shape index (κ2) is 9.16. The summed E-state index contributed by atoms with van der Waals surface area (Å²) in [5.74, 6) is 0.774. The fraction of sp³-hybridized carbons (Fsp3) is 0.182. The van der Waals surface area contributed by atoms with Crippen molar-refractivity contribution in [3.8, 4) is 17.1 Å². The van der Waals surface area contributed by atoms with E-state index in [1.165, 1.54) is 12.3 Å². The number of aromatic hydroxyl groups is 1. The number of carbonyl (C=O) groups excluding carboxylic acids is 1. The van der Waals surface area contributed by atoms with E-state index in [1.807, 2.05) is 13.8 Å². The molecule has 7 heteroatoms. The molecule has 150 valence electrons. The van der Waals surface area contributed by atoms with E-state index in [4.69, 9.17) is 32.4 Å². The maximum absolute atomic E-state index is 12.3. The monoisotopic (exact) mass is 431 g/mol. The summed E-state index contributed by atoms with van der Waals surface area (Å²) in [5.41, 5.74) is 1.29. The van der Waals surface area contributed by atoms with Crippen LogP contribution in [0.25, 0.3) is 11.3 Å². The number of hydrogen-bond donors (Lipinski definition) is 1. The summed E-state index contributed by atoms with van der Waals surface area (Å²) < 4.78 is 11.0. The molecule has 1 aromatic heterocycles. The van der Waals surface area contributed by atoms with Gasteiger partial charge in [-0.05, 0) is 54.4 Å². The molecule has 3 rings (SSSR count). The standard InChI is InChI=1S/C22H19Cl2NO4/c1-13(2)12-28-22(27)17-9-14(3-6-18(17)24)21-8-5-16(29-21)11-25-19-10-15(23)4-7-20(19)26/h3-11,13,26H,12H2,1-2H3. The van der Waals surface area contributed by atoms with Gasteiger partial charge >= 0.3 is 5.97 Å². The lowest BCUT2D eigenvalue weighted by atomic mass is 10.1. The highest BCUT2D eigenvalue weighted by molar-refractivity contribution is 6.33. The molecule has 0 aliphatic rings.